The van der Waals surface area contributed by atoms with Crippen LogP contribution in [-0.4, -0.2) is 25.3 Å². The molecule has 0 amide bonds. The lowest BCUT2D eigenvalue weighted by atomic mass is 10.1. The fourth-order valence-corrected chi connectivity index (χ4v) is 1.61. The van der Waals surface area contributed by atoms with Crippen LogP contribution in [0, 0.1) is 12.3 Å². The standard InChI is InChI=1S/C11H19NO/c1-3-6-10(4-2)12-9-11-7-5-8-13-11/h1,10-12H,4-9H2,2H3. The van der Waals surface area contributed by atoms with Crippen LogP contribution in [-0.2, 0) is 4.74 Å². The van der Waals surface area contributed by atoms with Gasteiger partial charge in [-0.3, -0.25) is 0 Å². The van der Waals surface area contributed by atoms with Crippen LogP contribution in [0.15, 0.2) is 0 Å². The summed E-state index contributed by atoms with van der Waals surface area (Å²) in [5, 5.41) is 3.44. The van der Waals surface area contributed by atoms with Gasteiger partial charge >= 0.3 is 0 Å². The molecule has 74 valence electrons. The zero-order valence-electron chi connectivity index (χ0n) is 8.38. The average Bonchev–Trinajstić information content (AvgIpc) is 2.64. The highest BCUT2D eigenvalue weighted by molar-refractivity contribution is 4.89. The molecule has 2 atom stereocenters. The number of terminal acetylenes is 1. The third-order valence-electron chi connectivity index (χ3n) is 2.52. The highest BCUT2D eigenvalue weighted by atomic mass is 16.5. The molecule has 0 aromatic heterocycles. The number of ether oxygens (including phenoxy) is 1. The Hall–Kier alpha value is -0.520. The molecule has 0 spiro atoms. The average molecular weight is 181 g/mol. The second kappa shape index (κ2) is 6.01. The first kappa shape index (κ1) is 10.6. The first-order valence-corrected chi connectivity index (χ1v) is 5.15. The summed E-state index contributed by atoms with van der Waals surface area (Å²) in [5.41, 5.74) is 0. The molecule has 0 aliphatic carbocycles. The van der Waals surface area contributed by atoms with E-state index in [4.69, 9.17) is 11.2 Å². The third-order valence-corrected chi connectivity index (χ3v) is 2.52. The molecule has 2 heteroatoms. The molecule has 1 rings (SSSR count). The summed E-state index contributed by atoms with van der Waals surface area (Å²) in [6.07, 6.45) is 10.0. The van der Waals surface area contributed by atoms with E-state index in [0.717, 1.165) is 26.0 Å². The molecule has 2 nitrogen and oxygen atoms in total. The van der Waals surface area contributed by atoms with E-state index < -0.39 is 0 Å². The predicted octanol–water partition coefficient (Wildman–Crippen LogP) is 1.56. The molecule has 0 aromatic rings. The maximum absolute atomic E-state index is 5.51. The smallest absolute Gasteiger partial charge is 0.0700 e. The highest BCUT2D eigenvalue weighted by Crippen LogP contribution is 2.11. The Morgan fingerprint density at radius 2 is 2.54 bits per heavy atom. The van der Waals surface area contributed by atoms with Crippen molar-refractivity contribution < 1.29 is 4.74 Å². The Morgan fingerprint density at radius 3 is 3.08 bits per heavy atom. The Morgan fingerprint density at radius 1 is 1.69 bits per heavy atom. The summed E-state index contributed by atoms with van der Waals surface area (Å²) in [4.78, 5) is 0. The molecule has 1 heterocycles. The van der Waals surface area contributed by atoms with E-state index in [0.29, 0.717) is 12.1 Å². The van der Waals surface area contributed by atoms with Gasteiger partial charge in [0.15, 0.2) is 0 Å². The molecule has 1 aliphatic heterocycles. The van der Waals surface area contributed by atoms with Crippen molar-refractivity contribution in [3.05, 3.63) is 0 Å². The summed E-state index contributed by atoms with van der Waals surface area (Å²) >= 11 is 0. The molecular weight excluding hydrogens is 162 g/mol. The molecule has 1 saturated heterocycles. The molecule has 0 aromatic carbocycles. The lowest BCUT2D eigenvalue weighted by molar-refractivity contribution is 0.107. The van der Waals surface area contributed by atoms with E-state index >= 15 is 0 Å². The van der Waals surface area contributed by atoms with Gasteiger partial charge in [-0.05, 0) is 19.3 Å². The summed E-state index contributed by atoms with van der Waals surface area (Å²) in [6.45, 7) is 4.04. The molecule has 0 bridgehead atoms. The Balaban J connectivity index is 2.11. The quantitative estimate of drug-likeness (QED) is 0.650. The third kappa shape index (κ3) is 3.80. The predicted molar refractivity (Wildman–Crippen MR) is 54.5 cm³/mol. The van der Waals surface area contributed by atoms with Crippen molar-refractivity contribution in [1.82, 2.24) is 5.32 Å². The molecule has 13 heavy (non-hydrogen) atoms. The van der Waals surface area contributed by atoms with E-state index in [1.54, 1.807) is 0 Å². The maximum atomic E-state index is 5.51. The van der Waals surface area contributed by atoms with Gasteiger partial charge in [0.2, 0.25) is 0 Å². The second-order valence-electron chi connectivity index (χ2n) is 3.56. The molecular formula is C11H19NO. The van der Waals surface area contributed by atoms with Gasteiger partial charge in [0, 0.05) is 25.6 Å². The number of hydrogen-bond donors (Lipinski definition) is 1. The van der Waals surface area contributed by atoms with Crippen LogP contribution in [0.2, 0.25) is 0 Å². The van der Waals surface area contributed by atoms with Crippen LogP contribution >= 0.6 is 0 Å². The van der Waals surface area contributed by atoms with Gasteiger partial charge in [-0.15, -0.1) is 12.3 Å². The van der Waals surface area contributed by atoms with Crippen LogP contribution in [0.1, 0.15) is 32.6 Å². The van der Waals surface area contributed by atoms with E-state index in [-0.39, 0.29) is 0 Å². The summed E-state index contributed by atoms with van der Waals surface area (Å²) in [7, 11) is 0. The van der Waals surface area contributed by atoms with E-state index in [1.807, 2.05) is 0 Å². The van der Waals surface area contributed by atoms with Gasteiger partial charge in [0.05, 0.1) is 6.10 Å². The van der Waals surface area contributed by atoms with Crippen LogP contribution in [0.5, 0.6) is 0 Å². The molecule has 2 unspecified atom stereocenters. The minimum atomic E-state index is 0.423. The van der Waals surface area contributed by atoms with Crippen molar-refractivity contribution in [2.45, 2.75) is 44.8 Å². The molecule has 0 radical (unpaired) electrons. The van der Waals surface area contributed by atoms with Gasteiger partial charge in [0.1, 0.15) is 0 Å². The summed E-state index contributed by atoms with van der Waals surface area (Å²) in [5.74, 6) is 2.69. The van der Waals surface area contributed by atoms with Crippen LogP contribution in [0.3, 0.4) is 0 Å². The van der Waals surface area contributed by atoms with Gasteiger partial charge in [0.25, 0.3) is 0 Å². The van der Waals surface area contributed by atoms with Crippen molar-refractivity contribution >= 4 is 0 Å². The first-order chi connectivity index (χ1) is 6.36. The highest BCUT2D eigenvalue weighted by Gasteiger charge is 2.16. The van der Waals surface area contributed by atoms with Gasteiger partial charge in [-0.2, -0.15) is 0 Å². The minimum absolute atomic E-state index is 0.423. The topological polar surface area (TPSA) is 21.3 Å². The molecule has 1 aliphatic rings. The lowest BCUT2D eigenvalue weighted by Gasteiger charge is -2.17. The number of hydrogen-bond acceptors (Lipinski definition) is 2. The minimum Gasteiger partial charge on any atom is -0.377 e. The first-order valence-electron chi connectivity index (χ1n) is 5.15. The lowest BCUT2D eigenvalue weighted by Crippen LogP contribution is -2.34. The largest absolute Gasteiger partial charge is 0.377 e. The Labute approximate surface area is 81.0 Å². The van der Waals surface area contributed by atoms with Crippen molar-refractivity contribution in [1.29, 1.82) is 0 Å². The number of rotatable bonds is 5. The Bertz CT molecular complexity index is 167. The van der Waals surface area contributed by atoms with Crippen molar-refractivity contribution in [2.24, 2.45) is 0 Å². The molecule has 1 fully saturated rings. The normalized spacial score (nSPS) is 24.2. The van der Waals surface area contributed by atoms with Crippen LogP contribution in [0.25, 0.3) is 0 Å². The number of nitrogens with one attached hydrogen (secondary N) is 1. The summed E-state index contributed by atoms with van der Waals surface area (Å²) in [6, 6.07) is 0.467. The zero-order valence-corrected chi connectivity index (χ0v) is 8.38. The molecule has 0 saturated carbocycles. The monoisotopic (exact) mass is 181 g/mol. The van der Waals surface area contributed by atoms with E-state index in [1.165, 1.54) is 12.8 Å². The van der Waals surface area contributed by atoms with E-state index in [2.05, 4.69) is 18.2 Å². The SMILES string of the molecule is C#CCC(CC)NCC1CCCO1. The van der Waals surface area contributed by atoms with Gasteiger partial charge in [-0.25, -0.2) is 0 Å². The van der Waals surface area contributed by atoms with Crippen molar-refractivity contribution in [2.75, 3.05) is 13.2 Å². The zero-order chi connectivity index (χ0) is 9.52. The van der Waals surface area contributed by atoms with Crippen molar-refractivity contribution in [3.8, 4) is 12.3 Å². The fraction of sp³-hybridized carbons (Fsp3) is 0.818. The van der Waals surface area contributed by atoms with E-state index in [9.17, 15) is 0 Å². The van der Waals surface area contributed by atoms with Crippen molar-refractivity contribution in [3.63, 3.8) is 0 Å². The Kier molecular flexibility index (Phi) is 4.88. The van der Waals surface area contributed by atoms with Crippen LogP contribution < -0.4 is 5.32 Å². The maximum Gasteiger partial charge on any atom is 0.0700 e. The summed E-state index contributed by atoms with van der Waals surface area (Å²) < 4.78 is 5.51. The fourth-order valence-electron chi connectivity index (χ4n) is 1.61. The van der Waals surface area contributed by atoms with Gasteiger partial charge in [-0.1, -0.05) is 6.92 Å². The van der Waals surface area contributed by atoms with Crippen LogP contribution in [0.4, 0.5) is 0 Å². The van der Waals surface area contributed by atoms with Gasteiger partial charge < -0.3 is 10.1 Å². The molecule has 1 N–H and O–H groups in total. The second-order valence-corrected chi connectivity index (χ2v) is 3.56.